The topological polar surface area (TPSA) is 73.9 Å². The SMILES string of the molecule is COc1ccc(OCc2cccc(NC(=O)OC(C)(C)C)c2)cc1C=O. The molecular formula is C20H23NO5. The minimum absolute atomic E-state index is 0.286. The van der Waals surface area contributed by atoms with Crippen LogP contribution in [0.2, 0.25) is 0 Å². The number of hydrogen-bond acceptors (Lipinski definition) is 5. The second-order valence-corrected chi connectivity index (χ2v) is 6.64. The first-order valence-corrected chi connectivity index (χ1v) is 8.15. The molecule has 0 radical (unpaired) electrons. The number of aldehydes is 1. The molecule has 1 amide bonds. The summed E-state index contributed by atoms with van der Waals surface area (Å²) in [6.45, 7) is 5.70. The van der Waals surface area contributed by atoms with E-state index in [1.165, 1.54) is 7.11 Å². The van der Waals surface area contributed by atoms with Gasteiger partial charge < -0.3 is 14.2 Å². The van der Waals surface area contributed by atoms with Crippen LogP contribution in [0.1, 0.15) is 36.7 Å². The molecule has 0 saturated heterocycles. The number of nitrogens with one attached hydrogen (secondary N) is 1. The van der Waals surface area contributed by atoms with E-state index in [-0.39, 0.29) is 6.61 Å². The first-order chi connectivity index (χ1) is 12.3. The van der Waals surface area contributed by atoms with Crippen LogP contribution in [0.4, 0.5) is 10.5 Å². The fraction of sp³-hybridized carbons (Fsp3) is 0.300. The molecular weight excluding hydrogens is 334 g/mol. The van der Waals surface area contributed by atoms with Crippen molar-refractivity contribution in [2.24, 2.45) is 0 Å². The summed E-state index contributed by atoms with van der Waals surface area (Å²) < 4.78 is 16.1. The summed E-state index contributed by atoms with van der Waals surface area (Å²) in [4.78, 5) is 22.9. The van der Waals surface area contributed by atoms with E-state index in [1.807, 2.05) is 12.1 Å². The van der Waals surface area contributed by atoms with Crippen LogP contribution in [0.3, 0.4) is 0 Å². The lowest BCUT2D eigenvalue weighted by Crippen LogP contribution is -2.27. The molecule has 2 aromatic carbocycles. The second kappa shape index (κ2) is 8.38. The Morgan fingerprint density at radius 2 is 1.92 bits per heavy atom. The third-order valence-electron chi connectivity index (χ3n) is 3.31. The van der Waals surface area contributed by atoms with Gasteiger partial charge in [0.1, 0.15) is 23.7 Å². The molecule has 0 aliphatic heterocycles. The Morgan fingerprint density at radius 3 is 2.58 bits per heavy atom. The lowest BCUT2D eigenvalue weighted by atomic mass is 10.2. The van der Waals surface area contributed by atoms with Crippen molar-refractivity contribution in [3.8, 4) is 11.5 Å². The Kier molecular flexibility index (Phi) is 6.22. The van der Waals surface area contributed by atoms with E-state index in [0.29, 0.717) is 22.7 Å². The highest BCUT2D eigenvalue weighted by atomic mass is 16.6. The highest BCUT2D eigenvalue weighted by Crippen LogP contribution is 2.23. The summed E-state index contributed by atoms with van der Waals surface area (Å²) in [5, 5.41) is 2.69. The molecule has 6 nitrogen and oxygen atoms in total. The van der Waals surface area contributed by atoms with Crippen molar-refractivity contribution in [2.75, 3.05) is 12.4 Å². The van der Waals surface area contributed by atoms with Gasteiger partial charge >= 0.3 is 6.09 Å². The van der Waals surface area contributed by atoms with Crippen molar-refractivity contribution in [1.29, 1.82) is 0 Å². The second-order valence-electron chi connectivity index (χ2n) is 6.64. The highest BCUT2D eigenvalue weighted by Gasteiger charge is 2.16. The molecule has 0 fully saturated rings. The number of benzene rings is 2. The van der Waals surface area contributed by atoms with Gasteiger partial charge in [-0.25, -0.2) is 4.79 Å². The van der Waals surface area contributed by atoms with Crippen molar-refractivity contribution in [3.63, 3.8) is 0 Å². The monoisotopic (exact) mass is 357 g/mol. The number of hydrogen-bond donors (Lipinski definition) is 1. The lowest BCUT2D eigenvalue weighted by Gasteiger charge is -2.19. The maximum Gasteiger partial charge on any atom is 0.412 e. The van der Waals surface area contributed by atoms with E-state index in [9.17, 15) is 9.59 Å². The molecule has 0 unspecified atom stereocenters. The van der Waals surface area contributed by atoms with E-state index in [0.717, 1.165) is 11.8 Å². The largest absolute Gasteiger partial charge is 0.496 e. The summed E-state index contributed by atoms with van der Waals surface area (Å²) >= 11 is 0. The van der Waals surface area contributed by atoms with Crippen LogP contribution in [0.25, 0.3) is 0 Å². The fourth-order valence-electron chi connectivity index (χ4n) is 2.22. The average Bonchev–Trinajstić information content (AvgIpc) is 2.58. The van der Waals surface area contributed by atoms with Crippen LogP contribution in [-0.2, 0) is 11.3 Å². The van der Waals surface area contributed by atoms with Crippen LogP contribution >= 0.6 is 0 Å². The van der Waals surface area contributed by atoms with Gasteiger partial charge in [-0.05, 0) is 56.7 Å². The molecule has 0 aliphatic carbocycles. The van der Waals surface area contributed by atoms with Gasteiger partial charge in [0.2, 0.25) is 0 Å². The molecule has 138 valence electrons. The normalized spacial score (nSPS) is 10.8. The summed E-state index contributed by atoms with van der Waals surface area (Å²) in [5.74, 6) is 1.05. The van der Waals surface area contributed by atoms with Crippen LogP contribution in [-0.4, -0.2) is 25.1 Å². The zero-order valence-corrected chi connectivity index (χ0v) is 15.4. The highest BCUT2D eigenvalue weighted by molar-refractivity contribution is 5.85. The molecule has 0 spiro atoms. The number of anilines is 1. The van der Waals surface area contributed by atoms with Crippen molar-refractivity contribution >= 4 is 18.1 Å². The van der Waals surface area contributed by atoms with Gasteiger partial charge in [-0.2, -0.15) is 0 Å². The van der Waals surface area contributed by atoms with Crippen LogP contribution < -0.4 is 14.8 Å². The molecule has 26 heavy (non-hydrogen) atoms. The van der Waals surface area contributed by atoms with E-state index >= 15 is 0 Å². The van der Waals surface area contributed by atoms with Crippen molar-refractivity contribution in [2.45, 2.75) is 33.0 Å². The van der Waals surface area contributed by atoms with Gasteiger partial charge in [-0.15, -0.1) is 0 Å². The number of carbonyl (C=O) groups excluding carboxylic acids is 2. The number of ether oxygens (including phenoxy) is 3. The fourth-order valence-corrected chi connectivity index (χ4v) is 2.22. The minimum Gasteiger partial charge on any atom is -0.496 e. The standard InChI is InChI=1S/C20H23NO5/c1-20(2,3)26-19(23)21-16-7-5-6-14(10-16)13-25-17-8-9-18(24-4)15(11-17)12-22/h5-12H,13H2,1-4H3,(H,21,23). The summed E-state index contributed by atoms with van der Waals surface area (Å²) in [5.41, 5.74) is 1.34. The van der Waals surface area contributed by atoms with Crippen molar-refractivity contribution < 1.29 is 23.8 Å². The molecule has 0 heterocycles. The quantitative estimate of drug-likeness (QED) is 0.774. The third kappa shape index (κ3) is 5.81. The van der Waals surface area contributed by atoms with Crippen LogP contribution in [0.15, 0.2) is 42.5 Å². The molecule has 0 aliphatic rings. The molecule has 1 N–H and O–H groups in total. The molecule has 0 aromatic heterocycles. The van der Waals surface area contributed by atoms with Gasteiger partial charge in [-0.3, -0.25) is 10.1 Å². The molecule has 0 saturated carbocycles. The number of amides is 1. The maximum absolute atomic E-state index is 11.8. The molecule has 0 bridgehead atoms. The Labute approximate surface area is 153 Å². The number of carbonyl (C=O) groups is 2. The van der Waals surface area contributed by atoms with E-state index in [1.54, 1.807) is 51.1 Å². The Hall–Kier alpha value is -3.02. The summed E-state index contributed by atoms with van der Waals surface area (Å²) in [6.07, 6.45) is 0.207. The predicted octanol–water partition coefficient (Wildman–Crippen LogP) is 4.43. The van der Waals surface area contributed by atoms with E-state index in [4.69, 9.17) is 14.2 Å². The Bertz CT molecular complexity index is 780. The molecule has 2 aromatic rings. The Morgan fingerprint density at radius 1 is 1.15 bits per heavy atom. The lowest BCUT2D eigenvalue weighted by molar-refractivity contribution is 0.0635. The average molecular weight is 357 g/mol. The van der Waals surface area contributed by atoms with Crippen LogP contribution in [0, 0.1) is 0 Å². The Balaban J connectivity index is 2.00. The van der Waals surface area contributed by atoms with Crippen LogP contribution in [0.5, 0.6) is 11.5 Å². The molecule has 6 heteroatoms. The summed E-state index contributed by atoms with van der Waals surface area (Å²) in [6, 6.07) is 12.3. The van der Waals surface area contributed by atoms with Gasteiger partial charge in [0.25, 0.3) is 0 Å². The third-order valence-corrected chi connectivity index (χ3v) is 3.31. The van der Waals surface area contributed by atoms with Gasteiger partial charge in [0, 0.05) is 5.69 Å². The smallest absolute Gasteiger partial charge is 0.412 e. The van der Waals surface area contributed by atoms with Gasteiger partial charge in [0.05, 0.1) is 12.7 Å². The number of methoxy groups -OCH3 is 1. The van der Waals surface area contributed by atoms with E-state index < -0.39 is 11.7 Å². The zero-order chi connectivity index (χ0) is 19.2. The van der Waals surface area contributed by atoms with Crippen molar-refractivity contribution in [3.05, 3.63) is 53.6 Å². The first kappa shape index (κ1) is 19.3. The molecule has 2 rings (SSSR count). The first-order valence-electron chi connectivity index (χ1n) is 8.15. The van der Waals surface area contributed by atoms with Crippen molar-refractivity contribution in [1.82, 2.24) is 0 Å². The predicted molar refractivity (Wildman–Crippen MR) is 99.0 cm³/mol. The van der Waals surface area contributed by atoms with E-state index in [2.05, 4.69) is 5.32 Å². The maximum atomic E-state index is 11.8. The minimum atomic E-state index is -0.560. The van der Waals surface area contributed by atoms with Gasteiger partial charge in [0.15, 0.2) is 6.29 Å². The zero-order valence-electron chi connectivity index (χ0n) is 15.4. The summed E-state index contributed by atoms with van der Waals surface area (Å²) in [7, 11) is 1.51. The number of rotatable bonds is 6. The molecule has 0 atom stereocenters. The van der Waals surface area contributed by atoms with Gasteiger partial charge in [-0.1, -0.05) is 12.1 Å².